The summed E-state index contributed by atoms with van der Waals surface area (Å²) in [5, 5.41) is 6.41. The van der Waals surface area contributed by atoms with Gasteiger partial charge in [-0.3, -0.25) is 4.90 Å². The van der Waals surface area contributed by atoms with Gasteiger partial charge in [0, 0.05) is 51.4 Å². The fourth-order valence-electron chi connectivity index (χ4n) is 2.64. The van der Waals surface area contributed by atoms with Gasteiger partial charge in [-0.15, -0.1) is 0 Å². The van der Waals surface area contributed by atoms with Crippen molar-refractivity contribution in [3.05, 3.63) is 0 Å². The summed E-state index contributed by atoms with van der Waals surface area (Å²) in [6.45, 7) is 6.07. The van der Waals surface area contributed by atoms with Crippen molar-refractivity contribution in [3.8, 4) is 0 Å². The number of carbonyl (C=O) groups is 1. The molecular formula is C12H22N4O. The van der Waals surface area contributed by atoms with E-state index in [-0.39, 0.29) is 6.03 Å². The van der Waals surface area contributed by atoms with E-state index >= 15 is 0 Å². The minimum Gasteiger partial charge on any atom is -0.335 e. The number of hydrogen-bond acceptors (Lipinski definition) is 3. The van der Waals surface area contributed by atoms with Crippen molar-refractivity contribution in [2.45, 2.75) is 31.3 Å². The van der Waals surface area contributed by atoms with Crippen LogP contribution >= 0.6 is 0 Å². The molecule has 0 unspecified atom stereocenters. The molecule has 5 heteroatoms. The second-order valence-corrected chi connectivity index (χ2v) is 5.41. The molecule has 0 aromatic carbocycles. The summed E-state index contributed by atoms with van der Waals surface area (Å²) in [4.78, 5) is 16.4. The number of carbonyl (C=O) groups excluding carboxylic acids is 1. The molecule has 0 aromatic rings. The zero-order valence-corrected chi connectivity index (χ0v) is 10.3. The molecule has 96 valence electrons. The van der Waals surface area contributed by atoms with Crippen LogP contribution < -0.4 is 10.6 Å². The van der Waals surface area contributed by atoms with E-state index in [1.807, 2.05) is 4.90 Å². The molecule has 17 heavy (non-hydrogen) atoms. The molecule has 2 aliphatic heterocycles. The van der Waals surface area contributed by atoms with Gasteiger partial charge in [0.2, 0.25) is 0 Å². The quantitative estimate of drug-likeness (QED) is 0.703. The first-order valence-electron chi connectivity index (χ1n) is 6.83. The molecule has 2 saturated heterocycles. The van der Waals surface area contributed by atoms with Gasteiger partial charge >= 0.3 is 6.03 Å². The molecule has 3 fully saturated rings. The van der Waals surface area contributed by atoms with Crippen molar-refractivity contribution in [1.82, 2.24) is 20.4 Å². The van der Waals surface area contributed by atoms with E-state index in [4.69, 9.17) is 0 Å². The maximum absolute atomic E-state index is 11.9. The first-order valence-corrected chi connectivity index (χ1v) is 6.83. The van der Waals surface area contributed by atoms with Crippen molar-refractivity contribution < 1.29 is 4.79 Å². The zero-order chi connectivity index (χ0) is 11.7. The lowest BCUT2D eigenvalue weighted by Crippen LogP contribution is -2.63. The van der Waals surface area contributed by atoms with Crippen molar-refractivity contribution in [2.75, 3.05) is 39.3 Å². The Bertz CT molecular complexity index is 280. The van der Waals surface area contributed by atoms with Crippen LogP contribution in [0.1, 0.15) is 19.3 Å². The van der Waals surface area contributed by atoms with Crippen molar-refractivity contribution in [3.63, 3.8) is 0 Å². The SMILES string of the molecule is O=C(NC1CCC1)N1CCN(C2CNC2)CC1. The normalized spacial score (nSPS) is 27.4. The predicted octanol–water partition coefficient (Wildman–Crippen LogP) is -0.162. The van der Waals surface area contributed by atoms with Gasteiger partial charge in [0.05, 0.1) is 0 Å². The molecule has 5 nitrogen and oxygen atoms in total. The molecule has 1 aliphatic carbocycles. The maximum atomic E-state index is 11.9. The van der Waals surface area contributed by atoms with E-state index in [0.29, 0.717) is 12.1 Å². The molecule has 0 bridgehead atoms. The average Bonchev–Trinajstić information content (AvgIpc) is 2.22. The molecule has 0 spiro atoms. The zero-order valence-electron chi connectivity index (χ0n) is 10.3. The summed E-state index contributed by atoms with van der Waals surface area (Å²) in [6, 6.07) is 1.32. The summed E-state index contributed by atoms with van der Waals surface area (Å²) >= 11 is 0. The van der Waals surface area contributed by atoms with Crippen LogP contribution in [-0.4, -0.2) is 67.2 Å². The smallest absolute Gasteiger partial charge is 0.317 e. The highest BCUT2D eigenvalue weighted by Crippen LogP contribution is 2.18. The number of nitrogens with one attached hydrogen (secondary N) is 2. The Balaban J connectivity index is 1.42. The Hall–Kier alpha value is -0.810. The monoisotopic (exact) mass is 238 g/mol. The Labute approximate surface area is 103 Å². The van der Waals surface area contributed by atoms with Crippen LogP contribution in [0.4, 0.5) is 4.79 Å². The van der Waals surface area contributed by atoms with Gasteiger partial charge in [0.1, 0.15) is 0 Å². The molecule has 3 aliphatic rings. The molecule has 0 radical (unpaired) electrons. The molecule has 0 aromatic heterocycles. The summed E-state index contributed by atoms with van der Waals surface area (Å²) in [6.07, 6.45) is 3.60. The van der Waals surface area contributed by atoms with Crippen LogP contribution in [0, 0.1) is 0 Å². The summed E-state index contributed by atoms with van der Waals surface area (Å²) < 4.78 is 0. The number of rotatable bonds is 2. The van der Waals surface area contributed by atoms with Crippen molar-refractivity contribution in [2.24, 2.45) is 0 Å². The van der Waals surface area contributed by atoms with Crippen molar-refractivity contribution >= 4 is 6.03 Å². The second-order valence-electron chi connectivity index (χ2n) is 5.41. The van der Waals surface area contributed by atoms with E-state index in [2.05, 4.69) is 15.5 Å². The molecule has 2 heterocycles. The highest BCUT2D eigenvalue weighted by atomic mass is 16.2. The van der Waals surface area contributed by atoms with E-state index in [0.717, 1.165) is 39.3 Å². The largest absolute Gasteiger partial charge is 0.335 e. The van der Waals surface area contributed by atoms with E-state index in [1.54, 1.807) is 0 Å². The average molecular weight is 238 g/mol. The predicted molar refractivity (Wildman–Crippen MR) is 66.0 cm³/mol. The Morgan fingerprint density at radius 3 is 2.29 bits per heavy atom. The fourth-order valence-corrected chi connectivity index (χ4v) is 2.64. The van der Waals surface area contributed by atoms with Gasteiger partial charge in [-0.1, -0.05) is 0 Å². The molecule has 1 saturated carbocycles. The number of amides is 2. The minimum absolute atomic E-state index is 0.154. The lowest BCUT2D eigenvalue weighted by molar-refractivity contribution is 0.0826. The highest BCUT2D eigenvalue weighted by Gasteiger charge is 2.30. The van der Waals surface area contributed by atoms with Crippen LogP contribution in [0.5, 0.6) is 0 Å². The van der Waals surface area contributed by atoms with Crippen LogP contribution in [0.3, 0.4) is 0 Å². The first kappa shape index (κ1) is 11.3. The lowest BCUT2D eigenvalue weighted by Gasteiger charge is -2.43. The Morgan fingerprint density at radius 2 is 1.82 bits per heavy atom. The van der Waals surface area contributed by atoms with E-state index < -0.39 is 0 Å². The number of piperazine rings is 1. The van der Waals surface area contributed by atoms with Crippen LogP contribution in [-0.2, 0) is 0 Å². The summed E-state index contributed by atoms with van der Waals surface area (Å²) in [7, 11) is 0. The Morgan fingerprint density at radius 1 is 1.12 bits per heavy atom. The molecule has 2 amide bonds. The van der Waals surface area contributed by atoms with Gasteiger partial charge < -0.3 is 15.5 Å². The topological polar surface area (TPSA) is 47.6 Å². The summed E-state index contributed by atoms with van der Waals surface area (Å²) in [5.74, 6) is 0. The van der Waals surface area contributed by atoms with Gasteiger partial charge in [0.15, 0.2) is 0 Å². The lowest BCUT2D eigenvalue weighted by atomic mass is 9.93. The third-order valence-corrected chi connectivity index (χ3v) is 4.31. The molecule has 0 atom stereocenters. The Kier molecular flexibility index (Phi) is 3.20. The standard InChI is InChI=1S/C12H22N4O/c17-12(14-10-2-1-3-10)16-6-4-15(5-7-16)11-8-13-9-11/h10-11,13H,1-9H2,(H,14,17). The third-order valence-electron chi connectivity index (χ3n) is 4.31. The van der Waals surface area contributed by atoms with E-state index in [1.165, 1.54) is 19.3 Å². The second kappa shape index (κ2) is 4.82. The minimum atomic E-state index is 0.154. The van der Waals surface area contributed by atoms with Crippen LogP contribution in [0.15, 0.2) is 0 Å². The third kappa shape index (κ3) is 2.40. The summed E-state index contributed by atoms with van der Waals surface area (Å²) in [5.41, 5.74) is 0. The van der Waals surface area contributed by atoms with Crippen LogP contribution in [0.2, 0.25) is 0 Å². The van der Waals surface area contributed by atoms with Crippen LogP contribution in [0.25, 0.3) is 0 Å². The molecule has 3 rings (SSSR count). The maximum Gasteiger partial charge on any atom is 0.317 e. The number of urea groups is 1. The van der Waals surface area contributed by atoms with Gasteiger partial charge in [-0.25, -0.2) is 4.79 Å². The number of nitrogens with zero attached hydrogens (tertiary/aromatic N) is 2. The van der Waals surface area contributed by atoms with Crippen molar-refractivity contribution in [1.29, 1.82) is 0 Å². The number of hydrogen-bond donors (Lipinski definition) is 2. The van der Waals surface area contributed by atoms with Gasteiger partial charge in [-0.05, 0) is 19.3 Å². The first-order chi connectivity index (χ1) is 8.33. The molecular weight excluding hydrogens is 216 g/mol. The fraction of sp³-hybridized carbons (Fsp3) is 0.917. The highest BCUT2D eigenvalue weighted by molar-refractivity contribution is 5.74. The molecule has 2 N–H and O–H groups in total. The van der Waals surface area contributed by atoms with Gasteiger partial charge in [-0.2, -0.15) is 0 Å². The van der Waals surface area contributed by atoms with E-state index in [9.17, 15) is 4.79 Å². The van der Waals surface area contributed by atoms with Gasteiger partial charge in [0.25, 0.3) is 0 Å².